The van der Waals surface area contributed by atoms with Crippen LogP contribution in [0, 0.1) is 6.92 Å². The van der Waals surface area contributed by atoms with E-state index in [9.17, 15) is 13.6 Å². The summed E-state index contributed by atoms with van der Waals surface area (Å²) in [6, 6.07) is 12.0. The van der Waals surface area contributed by atoms with E-state index < -0.39 is 17.4 Å². The maximum Gasteiger partial charge on any atom is 0.284 e. The van der Waals surface area contributed by atoms with Crippen LogP contribution in [0.15, 0.2) is 66.5 Å². The lowest BCUT2D eigenvalue weighted by Crippen LogP contribution is -2.12. The van der Waals surface area contributed by atoms with E-state index in [0.717, 1.165) is 17.2 Å². The van der Waals surface area contributed by atoms with Crippen molar-refractivity contribution in [3.05, 3.63) is 87.7 Å². The van der Waals surface area contributed by atoms with Crippen molar-refractivity contribution < 1.29 is 13.6 Å². The molecule has 0 bridgehead atoms. The molecule has 0 saturated heterocycles. The largest absolute Gasteiger partial charge is 0.320 e. The number of para-hydroxylation sites is 1. The number of carbonyl (C=O) groups excluding carboxylic acids is 1. The highest BCUT2D eigenvalue weighted by Crippen LogP contribution is 2.56. The standard InChI is InChI=1S/C21H17Cl2F2NO/c1-13-5-2-3-7-19(13)26-20(27)18(24)6-4-10-21(25)12-15(21)14-8-9-16(22)17(23)11-14/h2-11,15H,12H2,1H3,(H,26,27)/b10-4+,18-6-. The van der Waals surface area contributed by atoms with Crippen LogP contribution in [-0.2, 0) is 4.79 Å². The van der Waals surface area contributed by atoms with Gasteiger partial charge in [-0.2, -0.15) is 0 Å². The summed E-state index contributed by atoms with van der Waals surface area (Å²) < 4.78 is 28.7. The molecule has 0 aliphatic heterocycles. The second-order valence-corrected chi connectivity index (χ2v) is 7.31. The Morgan fingerprint density at radius 1 is 1.22 bits per heavy atom. The van der Waals surface area contributed by atoms with E-state index in [0.29, 0.717) is 15.7 Å². The summed E-state index contributed by atoms with van der Waals surface area (Å²) in [6.07, 6.45) is 3.72. The number of carbonyl (C=O) groups is 1. The number of alkyl halides is 1. The fourth-order valence-corrected chi connectivity index (χ4v) is 3.13. The fraction of sp³-hybridized carbons (Fsp3) is 0.190. The van der Waals surface area contributed by atoms with Gasteiger partial charge in [-0.1, -0.05) is 53.5 Å². The second-order valence-electron chi connectivity index (χ2n) is 6.50. The zero-order valence-electron chi connectivity index (χ0n) is 14.5. The minimum absolute atomic E-state index is 0.270. The van der Waals surface area contributed by atoms with Gasteiger partial charge < -0.3 is 5.32 Å². The normalized spacial score (nSPS) is 22.1. The topological polar surface area (TPSA) is 29.1 Å². The lowest BCUT2D eigenvalue weighted by molar-refractivity contribution is -0.114. The number of allylic oxidation sites excluding steroid dienone is 3. The van der Waals surface area contributed by atoms with Gasteiger partial charge in [-0.15, -0.1) is 0 Å². The second kappa shape index (κ2) is 7.83. The number of benzene rings is 2. The lowest BCUT2D eigenvalue weighted by atomic mass is 10.1. The molecule has 1 aliphatic rings. The van der Waals surface area contributed by atoms with Crippen molar-refractivity contribution >= 4 is 34.8 Å². The van der Waals surface area contributed by atoms with Crippen molar-refractivity contribution in [2.75, 3.05) is 5.32 Å². The van der Waals surface area contributed by atoms with Crippen molar-refractivity contribution in [3.8, 4) is 0 Å². The summed E-state index contributed by atoms with van der Waals surface area (Å²) in [6.45, 7) is 1.81. The molecule has 1 fully saturated rings. The van der Waals surface area contributed by atoms with Gasteiger partial charge in [0, 0.05) is 11.6 Å². The molecule has 140 valence electrons. The molecule has 0 heterocycles. The highest BCUT2D eigenvalue weighted by Gasteiger charge is 2.54. The zero-order valence-corrected chi connectivity index (χ0v) is 16.0. The molecule has 6 heteroatoms. The molecular weight excluding hydrogens is 391 g/mol. The molecule has 1 aliphatic carbocycles. The van der Waals surface area contributed by atoms with Crippen LogP contribution in [0.1, 0.15) is 23.5 Å². The van der Waals surface area contributed by atoms with E-state index >= 15 is 0 Å². The minimum Gasteiger partial charge on any atom is -0.320 e. The molecule has 0 aromatic heterocycles. The number of halogens is 4. The Labute approximate surface area is 166 Å². The van der Waals surface area contributed by atoms with Crippen LogP contribution in [0.3, 0.4) is 0 Å². The summed E-state index contributed by atoms with van der Waals surface area (Å²) in [4.78, 5) is 11.9. The number of hydrogen-bond donors (Lipinski definition) is 1. The molecule has 1 N–H and O–H groups in total. The summed E-state index contributed by atoms with van der Waals surface area (Å²) in [7, 11) is 0. The lowest BCUT2D eigenvalue weighted by Gasteiger charge is -2.06. The predicted molar refractivity (Wildman–Crippen MR) is 106 cm³/mol. The Morgan fingerprint density at radius 3 is 2.67 bits per heavy atom. The number of amides is 1. The maximum atomic E-state index is 14.7. The molecule has 3 rings (SSSR count). The molecule has 2 nitrogen and oxygen atoms in total. The van der Waals surface area contributed by atoms with Crippen LogP contribution < -0.4 is 5.32 Å². The monoisotopic (exact) mass is 407 g/mol. The number of aryl methyl sites for hydroxylation is 1. The van der Waals surface area contributed by atoms with Crippen LogP contribution in [0.25, 0.3) is 0 Å². The third-order valence-electron chi connectivity index (χ3n) is 4.51. The van der Waals surface area contributed by atoms with Gasteiger partial charge in [0.05, 0.1) is 10.0 Å². The van der Waals surface area contributed by atoms with E-state index in [1.165, 1.54) is 12.2 Å². The van der Waals surface area contributed by atoms with Crippen molar-refractivity contribution in [1.82, 2.24) is 0 Å². The van der Waals surface area contributed by atoms with Crippen LogP contribution in [0.2, 0.25) is 10.0 Å². The molecule has 2 aromatic carbocycles. The molecule has 27 heavy (non-hydrogen) atoms. The van der Waals surface area contributed by atoms with Crippen molar-refractivity contribution in [3.63, 3.8) is 0 Å². The van der Waals surface area contributed by atoms with Crippen LogP contribution in [-0.4, -0.2) is 11.6 Å². The molecule has 0 radical (unpaired) electrons. The Hall–Kier alpha value is -2.17. The first-order valence-corrected chi connectivity index (χ1v) is 9.11. The summed E-state index contributed by atoms with van der Waals surface area (Å²) in [5.41, 5.74) is 0.497. The van der Waals surface area contributed by atoms with Gasteiger partial charge in [0.15, 0.2) is 5.83 Å². The first-order chi connectivity index (χ1) is 12.8. The van der Waals surface area contributed by atoms with E-state index in [-0.39, 0.29) is 12.3 Å². The Bertz CT molecular complexity index is 942. The van der Waals surface area contributed by atoms with Crippen LogP contribution in [0.5, 0.6) is 0 Å². The number of rotatable bonds is 5. The van der Waals surface area contributed by atoms with E-state index in [4.69, 9.17) is 23.2 Å². The molecule has 2 unspecified atom stereocenters. The van der Waals surface area contributed by atoms with Gasteiger partial charge in [0.25, 0.3) is 5.91 Å². The third-order valence-corrected chi connectivity index (χ3v) is 5.25. The minimum atomic E-state index is -1.58. The van der Waals surface area contributed by atoms with E-state index in [1.54, 1.807) is 43.3 Å². The first-order valence-electron chi connectivity index (χ1n) is 8.36. The Morgan fingerprint density at radius 2 is 1.96 bits per heavy atom. The molecule has 0 spiro atoms. The highest BCUT2D eigenvalue weighted by molar-refractivity contribution is 6.42. The summed E-state index contributed by atoms with van der Waals surface area (Å²) in [5, 5.41) is 3.26. The zero-order chi connectivity index (χ0) is 19.6. The molecular formula is C21H17Cl2F2NO. The number of nitrogens with one attached hydrogen (secondary N) is 1. The Balaban J connectivity index is 1.63. The van der Waals surface area contributed by atoms with Crippen LogP contribution in [0.4, 0.5) is 14.5 Å². The third kappa shape index (κ3) is 4.57. The van der Waals surface area contributed by atoms with Crippen molar-refractivity contribution in [2.45, 2.75) is 24.9 Å². The first kappa shape index (κ1) is 19.6. The van der Waals surface area contributed by atoms with Crippen LogP contribution >= 0.6 is 23.2 Å². The van der Waals surface area contributed by atoms with Gasteiger partial charge in [0.1, 0.15) is 5.67 Å². The van der Waals surface area contributed by atoms with Crippen molar-refractivity contribution in [1.29, 1.82) is 0 Å². The van der Waals surface area contributed by atoms with E-state index in [1.807, 2.05) is 6.07 Å². The van der Waals surface area contributed by atoms with Gasteiger partial charge in [-0.25, -0.2) is 8.78 Å². The summed E-state index contributed by atoms with van der Waals surface area (Å²) >= 11 is 11.8. The molecule has 2 aromatic rings. The number of anilines is 1. The predicted octanol–water partition coefficient (Wildman–Crippen LogP) is 6.55. The number of hydrogen-bond acceptors (Lipinski definition) is 1. The smallest absolute Gasteiger partial charge is 0.284 e. The molecule has 1 amide bonds. The van der Waals surface area contributed by atoms with Gasteiger partial charge >= 0.3 is 0 Å². The maximum absolute atomic E-state index is 14.7. The highest BCUT2D eigenvalue weighted by atomic mass is 35.5. The van der Waals surface area contributed by atoms with E-state index in [2.05, 4.69) is 5.32 Å². The van der Waals surface area contributed by atoms with Gasteiger partial charge in [-0.3, -0.25) is 4.79 Å². The molecule has 2 atom stereocenters. The Kier molecular flexibility index (Phi) is 5.68. The van der Waals surface area contributed by atoms with Crippen molar-refractivity contribution in [2.24, 2.45) is 0 Å². The quantitative estimate of drug-likeness (QED) is 0.441. The summed E-state index contributed by atoms with van der Waals surface area (Å²) in [5.74, 6) is -2.23. The van der Waals surface area contributed by atoms with Gasteiger partial charge in [-0.05, 0) is 54.8 Å². The SMILES string of the molecule is Cc1ccccc1NC(=O)/C(F)=C/C=C/C1(F)CC1c1ccc(Cl)c(Cl)c1. The average molecular weight is 408 g/mol. The molecule has 1 saturated carbocycles. The average Bonchev–Trinajstić information content (AvgIpc) is 3.30. The fourth-order valence-electron chi connectivity index (χ4n) is 2.83. The van der Waals surface area contributed by atoms with Gasteiger partial charge in [0.2, 0.25) is 0 Å².